The van der Waals surface area contributed by atoms with Crippen LogP contribution < -0.4 is 5.32 Å². The van der Waals surface area contributed by atoms with E-state index in [2.05, 4.69) is 5.32 Å². The van der Waals surface area contributed by atoms with Crippen molar-refractivity contribution in [3.63, 3.8) is 0 Å². The normalized spacial score (nSPS) is 32.9. The second-order valence-corrected chi connectivity index (χ2v) is 7.58. The number of nitrogens with one attached hydrogen (secondary N) is 1. The van der Waals surface area contributed by atoms with E-state index in [4.69, 9.17) is 9.47 Å². The molecule has 1 saturated carbocycles. The van der Waals surface area contributed by atoms with Crippen LogP contribution in [0.25, 0.3) is 0 Å². The van der Waals surface area contributed by atoms with Gasteiger partial charge in [-0.15, -0.1) is 0 Å². The fourth-order valence-electron chi connectivity index (χ4n) is 3.33. The number of hydrogen-bond donors (Lipinski definition) is 3. The molecule has 8 nitrogen and oxygen atoms in total. The first kappa shape index (κ1) is 22.1. The van der Waals surface area contributed by atoms with Crippen molar-refractivity contribution in [3.8, 4) is 0 Å². The number of allylic oxidation sites excluding steroid dienone is 2. The molecule has 0 aromatic carbocycles. The molecule has 28 heavy (non-hydrogen) atoms. The summed E-state index contributed by atoms with van der Waals surface area (Å²) in [6.45, 7) is 3.67. The molecule has 1 heterocycles. The third-order valence-corrected chi connectivity index (χ3v) is 4.77. The topological polar surface area (TPSA) is 122 Å². The van der Waals surface area contributed by atoms with Crippen molar-refractivity contribution < 1.29 is 34.1 Å². The summed E-state index contributed by atoms with van der Waals surface area (Å²) in [5.74, 6) is -1.88. The molecule has 3 N–H and O–H groups in total. The van der Waals surface area contributed by atoms with Crippen molar-refractivity contribution in [3.05, 3.63) is 23.8 Å². The fraction of sp³-hybridized carbons (Fsp3) is 0.650. The first-order valence-electron chi connectivity index (χ1n) is 9.60. The summed E-state index contributed by atoms with van der Waals surface area (Å²) in [6.07, 6.45) is 3.05. The number of rotatable bonds is 2. The Balaban J connectivity index is 2.25. The Labute approximate surface area is 164 Å². The summed E-state index contributed by atoms with van der Waals surface area (Å²) in [5.41, 5.74) is -1.23. The Bertz CT molecular complexity index is 653. The minimum atomic E-state index is -1.93. The van der Waals surface area contributed by atoms with Gasteiger partial charge in [0.05, 0.1) is 0 Å². The molecule has 0 saturated heterocycles. The SMILES string of the molecule is CC(C)=CC(=O)O[C@@H]1C[C@]2(O)CC(OC(=O)CCCC/C=C\CNC2=O)C1O. The molecular formula is C20H29NO7. The molecule has 2 unspecified atom stereocenters. The van der Waals surface area contributed by atoms with E-state index in [1.54, 1.807) is 19.9 Å². The van der Waals surface area contributed by atoms with E-state index >= 15 is 0 Å². The second kappa shape index (κ2) is 9.84. The number of aliphatic hydroxyl groups is 2. The molecular weight excluding hydrogens is 366 g/mol. The lowest BCUT2D eigenvalue weighted by Gasteiger charge is -2.41. The highest BCUT2D eigenvalue weighted by atomic mass is 16.6. The lowest BCUT2D eigenvalue weighted by atomic mass is 9.78. The molecule has 2 aliphatic rings. The number of esters is 2. The van der Waals surface area contributed by atoms with E-state index in [1.165, 1.54) is 6.08 Å². The summed E-state index contributed by atoms with van der Waals surface area (Å²) in [6, 6.07) is 0. The summed E-state index contributed by atoms with van der Waals surface area (Å²) in [4.78, 5) is 36.6. The Morgan fingerprint density at radius 1 is 1.29 bits per heavy atom. The molecule has 4 atom stereocenters. The Morgan fingerprint density at radius 2 is 2.04 bits per heavy atom. The molecule has 1 fully saturated rings. The van der Waals surface area contributed by atoms with Crippen molar-refractivity contribution in [1.82, 2.24) is 5.32 Å². The van der Waals surface area contributed by atoms with Crippen LogP contribution in [0.2, 0.25) is 0 Å². The lowest BCUT2D eigenvalue weighted by Crippen LogP contribution is -2.60. The molecule has 0 radical (unpaired) electrons. The zero-order valence-corrected chi connectivity index (χ0v) is 16.3. The Morgan fingerprint density at radius 3 is 2.75 bits per heavy atom. The minimum Gasteiger partial charge on any atom is -0.459 e. The van der Waals surface area contributed by atoms with Gasteiger partial charge in [-0.25, -0.2) is 4.79 Å². The van der Waals surface area contributed by atoms with Gasteiger partial charge in [-0.3, -0.25) is 9.59 Å². The van der Waals surface area contributed by atoms with Crippen molar-refractivity contribution in [2.45, 2.75) is 76.3 Å². The van der Waals surface area contributed by atoms with E-state index in [1.807, 2.05) is 6.08 Å². The molecule has 2 rings (SSSR count). The molecule has 2 bridgehead atoms. The molecule has 8 heteroatoms. The van der Waals surface area contributed by atoms with Crippen LogP contribution in [0, 0.1) is 0 Å². The quantitative estimate of drug-likeness (QED) is 0.361. The number of carbonyl (C=O) groups excluding carboxylic acids is 3. The van der Waals surface area contributed by atoms with Gasteiger partial charge in [0.15, 0.2) is 0 Å². The maximum absolute atomic E-state index is 12.5. The van der Waals surface area contributed by atoms with Crippen LogP contribution >= 0.6 is 0 Å². The third-order valence-electron chi connectivity index (χ3n) is 4.77. The maximum Gasteiger partial charge on any atom is 0.331 e. The van der Waals surface area contributed by atoms with Crippen LogP contribution in [0.5, 0.6) is 0 Å². The van der Waals surface area contributed by atoms with Gasteiger partial charge < -0.3 is 25.0 Å². The lowest BCUT2D eigenvalue weighted by molar-refractivity contribution is -0.198. The van der Waals surface area contributed by atoms with Crippen LogP contribution in [0.15, 0.2) is 23.8 Å². The zero-order valence-electron chi connectivity index (χ0n) is 16.3. The molecule has 156 valence electrons. The van der Waals surface area contributed by atoms with E-state index in [0.717, 1.165) is 12.8 Å². The predicted molar refractivity (Wildman–Crippen MR) is 100.0 cm³/mol. The molecule has 1 aliphatic heterocycles. The van der Waals surface area contributed by atoms with Crippen LogP contribution in [-0.2, 0) is 23.9 Å². The number of fused-ring (bicyclic) bond motifs is 2. The van der Waals surface area contributed by atoms with Gasteiger partial charge in [-0.2, -0.15) is 0 Å². The Kier molecular flexibility index (Phi) is 7.77. The van der Waals surface area contributed by atoms with Crippen LogP contribution in [0.1, 0.15) is 52.4 Å². The maximum atomic E-state index is 12.5. The van der Waals surface area contributed by atoms with Gasteiger partial charge >= 0.3 is 11.9 Å². The largest absolute Gasteiger partial charge is 0.459 e. The summed E-state index contributed by atoms with van der Waals surface area (Å²) in [7, 11) is 0. The average molecular weight is 395 g/mol. The van der Waals surface area contributed by atoms with Crippen LogP contribution in [0.3, 0.4) is 0 Å². The summed E-state index contributed by atoms with van der Waals surface area (Å²) >= 11 is 0. The molecule has 1 aliphatic carbocycles. The average Bonchev–Trinajstić information content (AvgIpc) is 2.59. The summed E-state index contributed by atoms with van der Waals surface area (Å²) in [5, 5.41) is 24.1. The number of carbonyl (C=O) groups is 3. The third kappa shape index (κ3) is 6.17. The monoisotopic (exact) mass is 395 g/mol. The highest BCUT2D eigenvalue weighted by molar-refractivity contribution is 5.86. The number of ether oxygens (including phenoxy) is 2. The van der Waals surface area contributed by atoms with Gasteiger partial charge in [0, 0.05) is 31.9 Å². The standard InChI is InChI=1S/C20H29NO7/c1-13(2)10-17(23)28-15-12-20(26)11-14(18(15)24)27-16(22)8-6-4-3-5-7-9-21-19(20)25/h5,7,10,14-15,18,24,26H,3-4,6,8-9,11-12H2,1-2H3,(H,21,25)/b7-5-/t14?,15-,18?,20-/m1/s1. The first-order chi connectivity index (χ1) is 13.2. The van der Waals surface area contributed by atoms with Gasteiger partial charge in [0.2, 0.25) is 0 Å². The molecule has 1 amide bonds. The van der Waals surface area contributed by atoms with Crippen molar-refractivity contribution in [2.75, 3.05) is 6.54 Å². The van der Waals surface area contributed by atoms with Crippen LogP contribution in [0.4, 0.5) is 0 Å². The number of hydrogen-bond acceptors (Lipinski definition) is 7. The molecule has 0 aromatic heterocycles. The van der Waals surface area contributed by atoms with Gasteiger partial charge in [0.1, 0.15) is 23.9 Å². The van der Waals surface area contributed by atoms with Gasteiger partial charge in [-0.1, -0.05) is 17.7 Å². The molecule has 0 spiro atoms. The van der Waals surface area contributed by atoms with Crippen molar-refractivity contribution >= 4 is 17.8 Å². The smallest absolute Gasteiger partial charge is 0.331 e. The van der Waals surface area contributed by atoms with E-state index in [0.29, 0.717) is 12.0 Å². The Hall–Kier alpha value is -2.19. The number of aliphatic hydroxyl groups excluding tert-OH is 1. The zero-order chi connectivity index (χ0) is 20.7. The van der Waals surface area contributed by atoms with Gasteiger partial charge in [0.25, 0.3) is 5.91 Å². The first-order valence-corrected chi connectivity index (χ1v) is 9.60. The summed E-state index contributed by atoms with van der Waals surface area (Å²) < 4.78 is 10.6. The van der Waals surface area contributed by atoms with Crippen LogP contribution in [-0.4, -0.2) is 58.5 Å². The van der Waals surface area contributed by atoms with Crippen molar-refractivity contribution in [2.24, 2.45) is 0 Å². The highest BCUT2D eigenvalue weighted by Gasteiger charge is 2.51. The van der Waals surface area contributed by atoms with Crippen molar-refractivity contribution in [1.29, 1.82) is 0 Å². The van der Waals surface area contributed by atoms with E-state index in [-0.39, 0.29) is 25.8 Å². The highest BCUT2D eigenvalue weighted by Crippen LogP contribution is 2.33. The minimum absolute atomic E-state index is 0.171. The predicted octanol–water partition coefficient (Wildman–Crippen LogP) is 0.908. The second-order valence-electron chi connectivity index (χ2n) is 7.58. The van der Waals surface area contributed by atoms with E-state index < -0.39 is 41.8 Å². The van der Waals surface area contributed by atoms with Gasteiger partial charge in [-0.05, 0) is 33.1 Å². The number of amides is 1. The fourth-order valence-corrected chi connectivity index (χ4v) is 3.33. The molecule has 0 aromatic rings. The van der Waals surface area contributed by atoms with E-state index in [9.17, 15) is 24.6 Å².